The number of carbonyl (C=O) groups is 1. The summed E-state index contributed by atoms with van der Waals surface area (Å²) in [6, 6.07) is 3.37. The SMILES string of the molecule is CCCC1CCC(C2CCC3C(CCCC3C(=O)Oc3cc(F)c(C#N)c(F)c3)C2)CC1. The van der Waals surface area contributed by atoms with Crippen molar-refractivity contribution in [3.8, 4) is 11.8 Å². The lowest BCUT2D eigenvalue weighted by Gasteiger charge is -2.46. The molecule has 5 heteroatoms. The van der Waals surface area contributed by atoms with Crippen molar-refractivity contribution in [2.75, 3.05) is 0 Å². The van der Waals surface area contributed by atoms with Crippen LogP contribution in [0.2, 0.25) is 0 Å². The van der Waals surface area contributed by atoms with E-state index in [-0.39, 0.29) is 17.6 Å². The molecule has 3 aliphatic rings. The summed E-state index contributed by atoms with van der Waals surface area (Å²) >= 11 is 0. The fourth-order valence-electron chi connectivity index (χ4n) is 6.98. The molecule has 0 saturated heterocycles. The van der Waals surface area contributed by atoms with Gasteiger partial charge in [0, 0.05) is 12.1 Å². The van der Waals surface area contributed by atoms with Gasteiger partial charge in [-0.2, -0.15) is 5.26 Å². The molecule has 0 radical (unpaired) electrons. The van der Waals surface area contributed by atoms with Gasteiger partial charge in [-0.05, 0) is 68.1 Å². The topological polar surface area (TPSA) is 50.1 Å². The lowest BCUT2D eigenvalue weighted by molar-refractivity contribution is -0.144. The van der Waals surface area contributed by atoms with Crippen molar-refractivity contribution in [2.45, 2.75) is 84.0 Å². The quantitative estimate of drug-likeness (QED) is 0.358. The fraction of sp³-hybridized carbons (Fsp3) is 0.704. The van der Waals surface area contributed by atoms with Crippen molar-refractivity contribution < 1.29 is 18.3 Å². The molecule has 3 fully saturated rings. The highest BCUT2D eigenvalue weighted by atomic mass is 19.1. The largest absolute Gasteiger partial charge is 0.426 e. The molecular formula is C27H35F2NO2. The Morgan fingerprint density at radius 2 is 1.69 bits per heavy atom. The third kappa shape index (κ3) is 5.00. The first-order valence-electron chi connectivity index (χ1n) is 12.6. The smallest absolute Gasteiger partial charge is 0.314 e. The van der Waals surface area contributed by atoms with Gasteiger partial charge in [0.1, 0.15) is 29.0 Å². The lowest BCUT2D eigenvalue weighted by atomic mass is 9.59. The molecule has 0 amide bonds. The van der Waals surface area contributed by atoms with E-state index in [2.05, 4.69) is 6.92 Å². The number of ether oxygens (including phenoxy) is 1. The molecule has 0 spiro atoms. The van der Waals surface area contributed by atoms with E-state index in [1.807, 2.05) is 0 Å². The standard InChI is InChI=1S/C27H35F2NO2/c1-2-4-17-7-9-18(10-8-17)19-11-12-22-20(13-19)5-3-6-23(22)27(31)32-21-14-25(28)24(16-30)26(29)15-21/h14-15,17-20,22-23H,2-13H2,1H3. The highest BCUT2D eigenvalue weighted by molar-refractivity contribution is 5.75. The molecule has 0 bridgehead atoms. The summed E-state index contributed by atoms with van der Waals surface area (Å²) in [6.45, 7) is 2.28. The summed E-state index contributed by atoms with van der Waals surface area (Å²) in [4.78, 5) is 12.9. The molecule has 32 heavy (non-hydrogen) atoms. The number of esters is 1. The van der Waals surface area contributed by atoms with Crippen LogP contribution in [0.1, 0.15) is 89.5 Å². The number of fused-ring (bicyclic) bond motifs is 1. The average Bonchev–Trinajstić information content (AvgIpc) is 2.79. The summed E-state index contributed by atoms with van der Waals surface area (Å²) in [7, 11) is 0. The number of benzene rings is 1. The highest BCUT2D eigenvalue weighted by Crippen LogP contribution is 2.50. The van der Waals surface area contributed by atoms with E-state index in [1.165, 1.54) is 63.9 Å². The molecule has 174 valence electrons. The van der Waals surface area contributed by atoms with Crippen molar-refractivity contribution in [2.24, 2.45) is 35.5 Å². The molecule has 3 nitrogen and oxygen atoms in total. The first-order chi connectivity index (χ1) is 15.5. The molecule has 4 rings (SSSR count). The molecule has 3 aliphatic carbocycles. The van der Waals surface area contributed by atoms with E-state index in [0.717, 1.165) is 49.1 Å². The maximum Gasteiger partial charge on any atom is 0.314 e. The molecule has 1 aromatic rings. The third-order valence-electron chi connectivity index (χ3n) is 8.59. The van der Waals surface area contributed by atoms with Crippen molar-refractivity contribution in [3.05, 3.63) is 29.3 Å². The Bertz CT molecular complexity index is 833. The van der Waals surface area contributed by atoms with Crippen LogP contribution in [0.25, 0.3) is 0 Å². The molecule has 0 aliphatic heterocycles. The van der Waals surface area contributed by atoms with Crippen LogP contribution in [0.3, 0.4) is 0 Å². The molecule has 0 aromatic heterocycles. The van der Waals surface area contributed by atoms with Crippen LogP contribution >= 0.6 is 0 Å². The molecular weight excluding hydrogens is 408 g/mol. The fourth-order valence-corrected chi connectivity index (χ4v) is 6.98. The van der Waals surface area contributed by atoms with E-state index >= 15 is 0 Å². The summed E-state index contributed by atoms with van der Waals surface area (Å²) in [5, 5.41) is 8.82. The molecule has 3 saturated carbocycles. The van der Waals surface area contributed by atoms with Gasteiger partial charge in [-0.15, -0.1) is 0 Å². The first kappa shape index (κ1) is 23.2. The van der Waals surface area contributed by atoms with E-state index in [1.54, 1.807) is 0 Å². The minimum atomic E-state index is -0.994. The van der Waals surface area contributed by atoms with Crippen LogP contribution in [0, 0.1) is 58.5 Å². The van der Waals surface area contributed by atoms with Crippen LogP contribution in [0.15, 0.2) is 12.1 Å². The molecule has 4 atom stereocenters. The van der Waals surface area contributed by atoms with E-state index in [0.29, 0.717) is 11.8 Å². The monoisotopic (exact) mass is 443 g/mol. The number of hydrogen-bond acceptors (Lipinski definition) is 3. The first-order valence-corrected chi connectivity index (χ1v) is 12.6. The second-order valence-corrected chi connectivity index (χ2v) is 10.4. The predicted octanol–water partition coefficient (Wildman–Crippen LogP) is 7.18. The minimum Gasteiger partial charge on any atom is -0.426 e. The summed E-state index contributed by atoms with van der Waals surface area (Å²) in [5.41, 5.74) is -0.649. The number of nitrogens with zero attached hydrogens (tertiary/aromatic N) is 1. The molecule has 1 aromatic carbocycles. The number of carbonyl (C=O) groups excluding carboxylic acids is 1. The number of rotatable bonds is 5. The number of nitriles is 1. The third-order valence-corrected chi connectivity index (χ3v) is 8.59. The molecule has 0 N–H and O–H groups in total. The van der Waals surface area contributed by atoms with Gasteiger partial charge in [0.05, 0.1) is 5.92 Å². The van der Waals surface area contributed by atoms with Crippen molar-refractivity contribution >= 4 is 5.97 Å². The zero-order valence-corrected chi connectivity index (χ0v) is 19.1. The van der Waals surface area contributed by atoms with Crippen LogP contribution < -0.4 is 4.74 Å². The normalized spacial score (nSPS) is 32.6. The van der Waals surface area contributed by atoms with Crippen LogP contribution in [-0.4, -0.2) is 5.97 Å². The second kappa shape index (κ2) is 10.3. The van der Waals surface area contributed by atoms with Crippen molar-refractivity contribution in [3.63, 3.8) is 0 Å². The average molecular weight is 444 g/mol. The maximum atomic E-state index is 13.9. The van der Waals surface area contributed by atoms with Crippen LogP contribution in [0.4, 0.5) is 8.78 Å². The zero-order valence-electron chi connectivity index (χ0n) is 19.1. The summed E-state index contributed by atoms with van der Waals surface area (Å²) in [6.07, 6.45) is 14.6. The molecule has 4 unspecified atom stereocenters. The Hall–Kier alpha value is -1.96. The Morgan fingerprint density at radius 1 is 1.00 bits per heavy atom. The van der Waals surface area contributed by atoms with Gasteiger partial charge in [-0.3, -0.25) is 4.79 Å². The van der Waals surface area contributed by atoms with Crippen LogP contribution in [-0.2, 0) is 4.79 Å². The van der Waals surface area contributed by atoms with Gasteiger partial charge in [-0.25, -0.2) is 8.78 Å². The highest BCUT2D eigenvalue weighted by Gasteiger charge is 2.43. The molecule has 0 heterocycles. The van der Waals surface area contributed by atoms with Crippen LogP contribution in [0.5, 0.6) is 5.75 Å². The minimum absolute atomic E-state index is 0.149. The maximum absolute atomic E-state index is 13.9. The van der Waals surface area contributed by atoms with Gasteiger partial charge in [-0.1, -0.05) is 45.4 Å². The van der Waals surface area contributed by atoms with E-state index in [9.17, 15) is 13.6 Å². The Balaban J connectivity index is 1.36. The summed E-state index contributed by atoms with van der Waals surface area (Å²) in [5.74, 6) is 0.730. The Labute approximate surface area is 190 Å². The van der Waals surface area contributed by atoms with Gasteiger partial charge >= 0.3 is 5.97 Å². The van der Waals surface area contributed by atoms with Gasteiger partial charge in [0.25, 0.3) is 0 Å². The van der Waals surface area contributed by atoms with Crippen molar-refractivity contribution in [1.29, 1.82) is 5.26 Å². The second-order valence-electron chi connectivity index (χ2n) is 10.4. The van der Waals surface area contributed by atoms with Gasteiger partial charge < -0.3 is 4.74 Å². The van der Waals surface area contributed by atoms with Gasteiger partial charge in [0.2, 0.25) is 0 Å². The lowest BCUT2D eigenvalue weighted by Crippen LogP contribution is -2.40. The Morgan fingerprint density at radius 3 is 2.34 bits per heavy atom. The number of hydrogen-bond donors (Lipinski definition) is 0. The zero-order chi connectivity index (χ0) is 22.7. The Kier molecular flexibility index (Phi) is 7.48. The number of halogens is 2. The predicted molar refractivity (Wildman–Crippen MR) is 119 cm³/mol. The van der Waals surface area contributed by atoms with Gasteiger partial charge in [0.15, 0.2) is 0 Å². The van der Waals surface area contributed by atoms with Crippen molar-refractivity contribution in [1.82, 2.24) is 0 Å². The van der Waals surface area contributed by atoms with E-state index in [4.69, 9.17) is 10.00 Å². The summed E-state index contributed by atoms with van der Waals surface area (Å²) < 4.78 is 33.2. The van der Waals surface area contributed by atoms with E-state index < -0.39 is 17.2 Å².